The molecule has 1 aliphatic carbocycles. The fourth-order valence-corrected chi connectivity index (χ4v) is 2.93. The van der Waals surface area contributed by atoms with Gasteiger partial charge in [-0.3, -0.25) is 0 Å². The Balaban J connectivity index is 2.29. The molecule has 0 saturated heterocycles. The molecule has 0 nitrogen and oxygen atoms in total. The molecule has 3 rings (SSSR count). The first-order chi connectivity index (χ1) is 7.77. The molecule has 0 aromatic heterocycles. The number of alkyl halides is 1. The summed E-state index contributed by atoms with van der Waals surface area (Å²) >= 11 is 3.69. The van der Waals surface area contributed by atoms with Gasteiger partial charge in [0.15, 0.2) is 0 Å². The van der Waals surface area contributed by atoms with Crippen LogP contribution in [0.4, 0.5) is 0 Å². The monoisotopic (exact) mass is 272 g/mol. The standard InChI is InChI=1S/C15H13Br/c1-10(16)13-8-4-6-12-9-11-5-2-3-7-14(11)15(12)13/h2-8,10H,9H2,1H3. The van der Waals surface area contributed by atoms with Crippen molar-refractivity contribution in [1.82, 2.24) is 0 Å². The molecule has 0 bridgehead atoms. The summed E-state index contributed by atoms with van der Waals surface area (Å²) in [6, 6.07) is 15.4. The summed E-state index contributed by atoms with van der Waals surface area (Å²) in [5.41, 5.74) is 7.19. The Morgan fingerprint density at radius 1 is 1.00 bits per heavy atom. The van der Waals surface area contributed by atoms with Gasteiger partial charge in [0, 0.05) is 4.83 Å². The van der Waals surface area contributed by atoms with Crippen LogP contribution < -0.4 is 0 Å². The van der Waals surface area contributed by atoms with Crippen LogP contribution in [0.25, 0.3) is 11.1 Å². The van der Waals surface area contributed by atoms with Crippen molar-refractivity contribution in [1.29, 1.82) is 0 Å². The Kier molecular flexibility index (Phi) is 2.36. The van der Waals surface area contributed by atoms with Crippen molar-refractivity contribution in [3.8, 4) is 11.1 Å². The molecule has 80 valence electrons. The van der Waals surface area contributed by atoms with Crippen LogP contribution in [-0.2, 0) is 6.42 Å². The van der Waals surface area contributed by atoms with Crippen LogP contribution in [-0.4, -0.2) is 0 Å². The van der Waals surface area contributed by atoms with E-state index in [4.69, 9.17) is 0 Å². The lowest BCUT2D eigenvalue weighted by molar-refractivity contribution is 1.12. The zero-order valence-corrected chi connectivity index (χ0v) is 10.8. The minimum Gasteiger partial charge on any atom is -0.0842 e. The summed E-state index contributed by atoms with van der Waals surface area (Å²) in [5, 5.41) is 0. The molecule has 0 heterocycles. The highest BCUT2D eigenvalue weighted by molar-refractivity contribution is 9.09. The van der Waals surface area contributed by atoms with E-state index in [-0.39, 0.29) is 0 Å². The maximum Gasteiger partial charge on any atom is 0.0373 e. The predicted octanol–water partition coefficient (Wildman–Crippen LogP) is 4.71. The van der Waals surface area contributed by atoms with Gasteiger partial charge in [0.2, 0.25) is 0 Å². The summed E-state index contributed by atoms with van der Waals surface area (Å²) in [4.78, 5) is 0.411. The van der Waals surface area contributed by atoms with Crippen LogP contribution in [0.1, 0.15) is 28.4 Å². The van der Waals surface area contributed by atoms with E-state index in [0.29, 0.717) is 4.83 Å². The lowest BCUT2D eigenvalue weighted by atomic mass is 9.98. The Labute approximate surface area is 104 Å². The SMILES string of the molecule is CC(Br)c1cccc2c1-c1ccccc1C2. The van der Waals surface area contributed by atoms with Crippen molar-refractivity contribution >= 4 is 15.9 Å². The molecule has 2 aromatic carbocycles. The molecule has 1 atom stereocenters. The summed E-state index contributed by atoms with van der Waals surface area (Å²) in [6.07, 6.45) is 1.08. The van der Waals surface area contributed by atoms with Crippen LogP contribution in [0.2, 0.25) is 0 Å². The van der Waals surface area contributed by atoms with Crippen molar-refractivity contribution in [3.63, 3.8) is 0 Å². The van der Waals surface area contributed by atoms with Gasteiger partial charge in [-0.15, -0.1) is 0 Å². The van der Waals surface area contributed by atoms with Crippen LogP contribution >= 0.6 is 15.9 Å². The minimum atomic E-state index is 0.411. The van der Waals surface area contributed by atoms with Crippen LogP contribution in [0.5, 0.6) is 0 Å². The molecule has 2 aromatic rings. The zero-order chi connectivity index (χ0) is 11.1. The zero-order valence-electron chi connectivity index (χ0n) is 9.20. The molecule has 1 aliphatic rings. The van der Waals surface area contributed by atoms with Crippen LogP contribution in [0.3, 0.4) is 0 Å². The number of benzene rings is 2. The van der Waals surface area contributed by atoms with Gasteiger partial charge in [-0.1, -0.05) is 58.4 Å². The van der Waals surface area contributed by atoms with Crippen LogP contribution in [0, 0.1) is 0 Å². The summed E-state index contributed by atoms with van der Waals surface area (Å²) in [5.74, 6) is 0. The fourth-order valence-electron chi connectivity index (χ4n) is 2.55. The van der Waals surface area contributed by atoms with Gasteiger partial charge in [-0.2, -0.15) is 0 Å². The number of halogens is 1. The lowest BCUT2D eigenvalue weighted by Crippen LogP contribution is -1.90. The van der Waals surface area contributed by atoms with Crippen molar-refractivity contribution in [2.24, 2.45) is 0 Å². The molecule has 0 spiro atoms. The van der Waals surface area contributed by atoms with E-state index in [9.17, 15) is 0 Å². The second-order valence-corrected chi connectivity index (χ2v) is 5.70. The summed E-state index contributed by atoms with van der Waals surface area (Å²) in [7, 11) is 0. The molecule has 0 radical (unpaired) electrons. The largest absolute Gasteiger partial charge is 0.0842 e. The Bertz CT molecular complexity index is 541. The molecular weight excluding hydrogens is 260 g/mol. The van der Waals surface area contributed by atoms with Gasteiger partial charge in [-0.25, -0.2) is 0 Å². The highest BCUT2D eigenvalue weighted by atomic mass is 79.9. The van der Waals surface area contributed by atoms with Crippen molar-refractivity contribution in [3.05, 3.63) is 59.2 Å². The quantitative estimate of drug-likeness (QED) is 0.563. The minimum absolute atomic E-state index is 0.411. The third-order valence-electron chi connectivity index (χ3n) is 3.28. The lowest BCUT2D eigenvalue weighted by Gasteiger charge is -2.11. The number of fused-ring (bicyclic) bond motifs is 3. The van der Waals surface area contributed by atoms with Gasteiger partial charge >= 0.3 is 0 Å². The second-order valence-electron chi connectivity index (χ2n) is 4.33. The van der Waals surface area contributed by atoms with E-state index in [1.54, 1.807) is 0 Å². The highest BCUT2D eigenvalue weighted by Crippen LogP contribution is 2.42. The van der Waals surface area contributed by atoms with E-state index in [1.165, 1.54) is 27.8 Å². The van der Waals surface area contributed by atoms with Gasteiger partial charge in [0.05, 0.1) is 0 Å². The van der Waals surface area contributed by atoms with Gasteiger partial charge < -0.3 is 0 Å². The normalized spacial score (nSPS) is 14.4. The van der Waals surface area contributed by atoms with E-state index in [0.717, 1.165) is 6.42 Å². The van der Waals surface area contributed by atoms with Gasteiger partial charge in [0.25, 0.3) is 0 Å². The average molecular weight is 273 g/mol. The summed E-state index contributed by atoms with van der Waals surface area (Å²) < 4.78 is 0. The maximum atomic E-state index is 3.69. The van der Waals surface area contributed by atoms with E-state index >= 15 is 0 Å². The molecule has 0 fully saturated rings. The Hall–Kier alpha value is -1.08. The van der Waals surface area contributed by atoms with E-state index < -0.39 is 0 Å². The van der Waals surface area contributed by atoms with Gasteiger partial charge in [0.1, 0.15) is 0 Å². The number of hydrogen-bond donors (Lipinski definition) is 0. The first-order valence-electron chi connectivity index (χ1n) is 5.61. The molecule has 0 aliphatic heterocycles. The van der Waals surface area contributed by atoms with Gasteiger partial charge in [-0.05, 0) is 41.2 Å². The van der Waals surface area contributed by atoms with Crippen molar-refractivity contribution < 1.29 is 0 Å². The van der Waals surface area contributed by atoms with Crippen LogP contribution in [0.15, 0.2) is 42.5 Å². The number of hydrogen-bond acceptors (Lipinski definition) is 0. The molecule has 0 N–H and O–H groups in total. The first-order valence-corrected chi connectivity index (χ1v) is 6.53. The summed E-state index contributed by atoms with van der Waals surface area (Å²) in [6.45, 7) is 2.19. The average Bonchev–Trinajstić information content (AvgIpc) is 2.66. The number of rotatable bonds is 1. The molecule has 0 amide bonds. The van der Waals surface area contributed by atoms with E-state index in [1.807, 2.05) is 0 Å². The molecule has 1 heteroatoms. The van der Waals surface area contributed by atoms with Crippen molar-refractivity contribution in [2.75, 3.05) is 0 Å². The first kappa shape index (κ1) is 10.1. The van der Waals surface area contributed by atoms with Crippen molar-refractivity contribution in [2.45, 2.75) is 18.2 Å². The molecule has 16 heavy (non-hydrogen) atoms. The predicted molar refractivity (Wildman–Crippen MR) is 72.0 cm³/mol. The van der Waals surface area contributed by atoms with E-state index in [2.05, 4.69) is 65.3 Å². The second kappa shape index (κ2) is 3.74. The molecular formula is C15H13Br. The third kappa shape index (κ3) is 1.42. The fraction of sp³-hybridized carbons (Fsp3) is 0.200. The smallest absolute Gasteiger partial charge is 0.0373 e. The Morgan fingerprint density at radius 2 is 1.75 bits per heavy atom. The highest BCUT2D eigenvalue weighted by Gasteiger charge is 2.21. The Morgan fingerprint density at radius 3 is 2.56 bits per heavy atom. The topological polar surface area (TPSA) is 0 Å². The molecule has 1 unspecified atom stereocenters. The maximum absolute atomic E-state index is 3.69. The third-order valence-corrected chi connectivity index (χ3v) is 3.77. The molecule has 0 saturated carbocycles.